The molecule has 0 amide bonds. The normalized spacial score (nSPS) is 20.2. The molecule has 0 aliphatic carbocycles. The molecule has 1 aliphatic heterocycles. The molecule has 0 unspecified atom stereocenters. The summed E-state index contributed by atoms with van der Waals surface area (Å²) in [5.41, 5.74) is 1.31. The van der Waals surface area contributed by atoms with Gasteiger partial charge in [-0.25, -0.2) is 9.18 Å². The van der Waals surface area contributed by atoms with Gasteiger partial charge in [-0.3, -0.25) is 5.01 Å². The molecular weight excluding hydrogens is 354 g/mol. The molecule has 24 heavy (non-hydrogen) atoms. The SMILES string of the molecule is C[C@@H]1C(C(=O)O)=NN(c2ccc(Cl)cc2Cl)[C@H]1c1ccc(F)cc1. The summed E-state index contributed by atoms with van der Waals surface area (Å²) in [6.45, 7) is 1.77. The lowest BCUT2D eigenvalue weighted by Crippen LogP contribution is -2.26. The number of hydrogen-bond acceptors (Lipinski definition) is 3. The molecule has 1 aliphatic rings. The molecule has 1 heterocycles. The van der Waals surface area contributed by atoms with E-state index in [-0.39, 0.29) is 11.5 Å². The predicted molar refractivity (Wildman–Crippen MR) is 92.3 cm³/mol. The molecule has 124 valence electrons. The number of carboxylic acid groups (broad SMARTS) is 1. The predicted octanol–water partition coefficient (Wildman–Crippen LogP) is 4.77. The van der Waals surface area contributed by atoms with Crippen molar-refractivity contribution in [2.45, 2.75) is 13.0 Å². The topological polar surface area (TPSA) is 52.9 Å². The van der Waals surface area contributed by atoms with E-state index in [1.54, 1.807) is 42.3 Å². The summed E-state index contributed by atoms with van der Waals surface area (Å²) in [6, 6.07) is 10.4. The Bertz CT molecular complexity index is 824. The first kappa shape index (κ1) is 16.7. The first-order valence-electron chi connectivity index (χ1n) is 7.20. The maximum Gasteiger partial charge on any atom is 0.352 e. The lowest BCUT2D eigenvalue weighted by atomic mass is 9.91. The zero-order valence-corrected chi connectivity index (χ0v) is 14.1. The van der Waals surface area contributed by atoms with Crippen molar-refractivity contribution in [3.63, 3.8) is 0 Å². The van der Waals surface area contributed by atoms with Crippen LogP contribution in [0.1, 0.15) is 18.5 Å². The number of halogens is 3. The van der Waals surface area contributed by atoms with E-state index in [1.165, 1.54) is 12.1 Å². The summed E-state index contributed by atoms with van der Waals surface area (Å²) < 4.78 is 13.2. The molecule has 2 aromatic rings. The van der Waals surface area contributed by atoms with Crippen molar-refractivity contribution in [2.75, 3.05) is 5.01 Å². The van der Waals surface area contributed by atoms with Gasteiger partial charge >= 0.3 is 5.97 Å². The average Bonchev–Trinajstić information content (AvgIpc) is 2.86. The molecule has 7 heteroatoms. The molecule has 0 bridgehead atoms. The average molecular weight is 367 g/mol. The van der Waals surface area contributed by atoms with Crippen molar-refractivity contribution in [1.29, 1.82) is 0 Å². The molecule has 3 rings (SSSR count). The van der Waals surface area contributed by atoms with Crippen molar-refractivity contribution in [2.24, 2.45) is 11.0 Å². The molecule has 4 nitrogen and oxygen atoms in total. The molecular formula is C17H13Cl2FN2O2. The minimum absolute atomic E-state index is 0.0235. The Hall–Kier alpha value is -2.11. The third-order valence-corrected chi connectivity index (χ3v) is 4.51. The molecule has 0 radical (unpaired) electrons. The van der Waals surface area contributed by atoms with Crippen LogP contribution in [0.25, 0.3) is 0 Å². The van der Waals surface area contributed by atoms with E-state index in [9.17, 15) is 14.3 Å². The second-order valence-corrected chi connectivity index (χ2v) is 6.36. The van der Waals surface area contributed by atoms with Crippen LogP contribution in [0.5, 0.6) is 0 Å². The summed E-state index contributed by atoms with van der Waals surface area (Å²) in [5.74, 6) is -1.86. The van der Waals surface area contributed by atoms with Crippen molar-refractivity contribution in [1.82, 2.24) is 0 Å². The van der Waals surface area contributed by atoms with Crippen LogP contribution in [-0.4, -0.2) is 16.8 Å². The lowest BCUT2D eigenvalue weighted by molar-refractivity contribution is -0.129. The van der Waals surface area contributed by atoms with E-state index < -0.39 is 17.9 Å². The number of aliphatic carboxylic acids is 1. The Labute approximate surface area is 148 Å². The second-order valence-electron chi connectivity index (χ2n) is 5.52. The van der Waals surface area contributed by atoms with Crippen LogP contribution >= 0.6 is 23.2 Å². The Balaban J connectivity index is 2.11. The van der Waals surface area contributed by atoms with Crippen LogP contribution in [0, 0.1) is 11.7 Å². The highest BCUT2D eigenvalue weighted by molar-refractivity contribution is 6.38. The van der Waals surface area contributed by atoms with Gasteiger partial charge < -0.3 is 5.11 Å². The number of carbonyl (C=O) groups is 1. The van der Waals surface area contributed by atoms with Gasteiger partial charge in [-0.2, -0.15) is 5.10 Å². The zero-order chi connectivity index (χ0) is 17.4. The molecule has 0 aromatic heterocycles. The minimum atomic E-state index is -1.10. The van der Waals surface area contributed by atoms with Crippen LogP contribution in [0.4, 0.5) is 10.1 Å². The number of nitrogens with zero attached hydrogens (tertiary/aromatic N) is 2. The number of rotatable bonds is 3. The highest BCUT2D eigenvalue weighted by atomic mass is 35.5. The van der Waals surface area contributed by atoms with Gasteiger partial charge in [0.05, 0.1) is 16.8 Å². The van der Waals surface area contributed by atoms with E-state index >= 15 is 0 Å². The molecule has 2 atom stereocenters. The summed E-state index contributed by atoms with van der Waals surface area (Å²) >= 11 is 12.2. The molecule has 1 N–H and O–H groups in total. The first-order valence-corrected chi connectivity index (χ1v) is 7.95. The third-order valence-electron chi connectivity index (χ3n) is 3.97. The van der Waals surface area contributed by atoms with Crippen LogP contribution in [0.2, 0.25) is 10.0 Å². The number of anilines is 1. The maximum atomic E-state index is 13.2. The monoisotopic (exact) mass is 366 g/mol. The smallest absolute Gasteiger partial charge is 0.352 e. The van der Waals surface area contributed by atoms with Gasteiger partial charge in [0, 0.05) is 10.9 Å². The number of benzene rings is 2. The number of hydrazone groups is 1. The summed E-state index contributed by atoms with van der Waals surface area (Å²) in [7, 11) is 0. The summed E-state index contributed by atoms with van der Waals surface area (Å²) in [4.78, 5) is 11.5. The van der Waals surface area contributed by atoms with Gasteiger partial charge in [-0.1, -0.05) is 42.3 Å². The fraction of sp³-hybridized carbons (Fsp3) is 0.176. The minimum Gasteiger partial charge on any atom is -0.477 e. The fourth-order valence-corrected chi connectivity index (χ4v) is 3.32. The Morgan fingerprint density at radius 1 is 1.21 bits per heavy atom. The number of hydrogen-bond donors (Lipinski definition) is 1. The van der Waals surface area contributed by atoms with Crippen molar-refractivity contribution < 1.29 is 14.3 Å². The summed E-state index contributed by atoms with van der Waals surface area (Å²) in [5, 5.41) is 16.0. The summed E-state index contributed by atoms with van der Waals surface area (Å²) in [6.07, 6.45) is 0. The van der Waals surface area contributed by atoms with Crippen LogP contribution < -0.4 is 5.01 Å². The Kier molecular flexibility index (Phi) is 4.47. The van der Waals surface area contributed by atoms with E-state index in [0.29, 0.717) is 15.7 Å². The van der Waals surface area contributed by atoms with Gasteiger partial charge in [0.15, 0.2) is 5.71 Å². The van der Waals surface area contributed by atoms with Crippen molar-refractivity contribution >= 4 is 40.6 Å². The molecule has 0 fully saturated rings. The van der Waals surface area contributed by atoms with E-state index in [2.05, 4.69) is 5.10 Å². The van der Waals surface area contributed by atoms with E-state index in [0.717, 1.165) is 5.56 Å². The zero-order valence-electron chi connectivity index (χ0n) is 12.6. The van der Waals surface area contributed by atoms with Gasteiger partial charge in [0.2, 0.25) is 0 Å². The van der Waals surface area contributed by atoms with E-state index in [1.807, 2.05) is 0 Å². The molecule has 0 saturated heterocycles. The Morgan fingerprint density at radius 2 is 1.88 bits per heavy atom. The lowest BCUT2D eigenvalue weighted by Gasteiger charge is -2.27. The van der Waals surface area contributed by atoms with Gasteiger partial charge in [0.1, 0.15) is 5.82 Å². The van der Waals surface area contributed by atoms with Crippen LogP contribution in [0.3, 0.4) is 0 Å². The van der Waals surface area contributed by atoms with Crippen molar-refractivity contribution in [3.05, 3.63) is 63.9 Å². The standard InChI is InChI=1S/C17H13Cl2FN2O2/c1-9-15(17(23)24)21-22(14-7-4-11(18)8-13(14)19)16(9)10-2-5-12(20)6-3-10/h2-9,16H,1H3,(H,23,24)/t9-,16-/m1/s1. The van der Waals surface area contributed by atoms with Crippen LogP contribution in [0.15, 0.2) is 47.6 Å². The molecule has 2 aromatic carbocycles. The highest BCUT2D eigenvalue weighted by Crippen LogP contribution is 2.42. The number of carboxylic acids is 1. The largest absolute Gasteiger partial charge is 0.477 e. The van der Waals surface area contributed by atoms with Crippen LogP contribution in [-0.2, 0) is 4.79 Å². The first-order chi connectivity index (χ1) is 11.4. The second kappa shape index (κ2) is 6.42. The maximum absolute atomic E-state index is 13.2. The molecule has 0 saturated carbocycles. The Morgan fingerprint density at radius 3 is 2.46 bits per heavy atom. The van der Waals surface area contributed by atoms with E-state index in [4.69, 9.17) is 23.2 Å². The highest BCUT2D eigenvalue weighted by Gasteiger charge is 2.40. The fourth-order valence-electron chi connectivity index (χ4n) is 2.83. The quantitative estimate of drug-likeness (QED) is 0.850. The van der Waals surface area contributed by atoms with Gasteiger partial charge in [-0.05, 0) is 35.9 Å². The van der Waals surface area contributed by atoms with Gasteiger partial charge in [0.25, 0.3) is 0 Å². The molecule has 0 spiro atoms. The van der Waals surface area contributed by atoms with Gasteiger partial charge in [-0.15, -0.1) is 0 Å². The third kappa shape index (κ3) is 2.97. The van der Waals surface area contributed by atoms with Crippen molar-refractivity contribution in [3.8, 4) is 0 Å².